The third-order valence-corrected chi connectivity index (χ3v) is 4.34. The lowest BCUT2D eigenvalue weighted by Gasteiger charge is -2.16. The van der Waals surface area contributed by atoms with Crippen molar-refractivity contribution in [1.29, 1.82) is 0 Å². The van der Waals surface area contributed by atoms with E-state index in [1.54, 1.807) is 6.20 Å². The number of aryl methyl sites for hydroxylation is 2. The van der Waals surface area contributed by atoms with Gasteiger partial charge in [0.2, 0.25) is 5.91 Å². The monoisotopic (exact) mass is 341 g/mol. The van der Waals surface area contributed by atoms with Crippen LogP contribution in [0.25, 0.3) is 0 Å². The molecule has 0 aliphatic carbocycles. The van der Waals surface area contributed by atoms with Crippen molar-refractivity contribution in [3.05, 3.63) is 41.5 Å². The van der Waals surface area contributed by atoms with Gasteiger partial charge in [-0.1, -0.05) is 6.07 Å². The highest BCUT2D eigenvalue weighted by atomic mass is 16.5. The van der Waals surface area contributed by atoms with Crippen molar-refractivity contribution in [3.8, 4) is 0 Å². The number of methoxy groups -OCH3 is 1. The summed E-state index contributed by atoms with van der Waals surface area (Å²) in [6.45, 7) is 5.41. The lowest BCUT2D eigenvalue weighted by Crippen LogP contribution is -2.31. The standard InChI is InChI=1S/C18H23N5O2/c1-12-5-4-7-19-18(12)22-16-9-15(20-13(2)21-16)14-6-8-23(10-14)17(24)11-25-3/h4-5,7,9,14H,6,8,10-11H2,1-3H3,(H,19,20,21,22)/t14-/m0/s1. The van der Waals surface area contributed by atoms with Crippen LogP contribution < -0.4 is 5.32 Å². The van der Waals surface area contributed by atoms with E-state index in [1.165, 1.54) is 7.11 Å². The van der Waals surface area contributed by atoms with E-state index in [0.29, 0.717) is 12.4 Å². The van der Waals surface area contributed by atoms with Gasteiger partial charge in [-0.05, 0) is 31.9 Å². The Morgan fingerprint density at radius 3 is 3.00 bits per heavy atom. The number of ether oxygens (including phenoxy) is 1. The fourth-order valence-corrected chi connectivity index (χ4v) is 3.04. The fourth-order valence-electron chi connectivity index (χ4n) is 3.04. The van der Waals surface area contributed by atoms with Crippen molar-refractivity contribution < 1.29 is 9.53 Å². The third kappa shape index (κ3) is 4.11. The second kappa shape index (κ2) is 7.57. The number of pyridine rings is 1. The summed E-state index contributed by atoms with van der Waals surface area (Å²) in [6.07, 6.45) is 2.65. The van der Waals surface area contributed by atoms with Gasteiger partial charge in [0, 0.05) is 38.4 Å². The Morgan fingerprint density at radius 2 is 2.24 bits per heavy atom. The van der Waals surface area contributed by atoms with E-state index in [4.69, 9.17) is 4.74 Å². The van der Waals surface area contributed by atoms with E-state index >= 15 is 0 Å². The number of hydrogen-bond donors (Lipinski definition) is 1. The van der Waals surface area contributed by atoms with E-state index in [1.807, 2.05) is 36.9 Å². The molecule has 0 aromatic carbocycles. The molecule has 0 bridgehead atoms. The van der Waals surface area contributed by atoms with Crippen LogP contribution in [-0.4, -0.2) is 52.6 Å². The highest BCUT2D eigenvalue weighted by Crippen LogP contribution is 2.28. The molecule has 25 heavy (non-hydrogen) atoms. The van der Waals surface area contributed by atoms with Gasteiger partial charge in [0.25, 0.3) is 0 Å². The summed E-state index contributed by atoms with van der Waals surface area (Å²) in [5, 5.41) is 3.27. The van der Waals surface area contributed by atoms with Gasteiger partial charge in [0.05, 0.1) is 5.69 Å². The normalized spacial score (nSPS) is 16.9. The molecule has 7 nitrogen and oxygen atoms in total. The first-order valence-corrected chi connectivity index (χ1v) is 8.37. The minimum atomic E-state index is 0.0261. The molecule has 3 heterocycles. The van der Waals surface area contributed by atoms with Crippen LogP contribution in [0.1, 0.15) is 29.4 Å². The second-order valence-electron chi connectivity index (χ2n) is 6.28. The predicted molar refractivity (Wildman–Crippen MR) is 94.8 cm³/mol. The van der Waals surface area contributed by atoms with Crippen LogP contribution in [0.15, 0.2) is 24.4 Å². The molecular formula is C18H23N5O2. The zero-order valence-electron chi connectivity index (χ0n) is 14.8. The Bertz CT molecular complexity index is 765. The van der Waals surface area contributed by atoms with Gasteiger partial charge in [-0.2, -0.15) is 0 Å². The number of amides is 1. The van der Waals surface area contributed by atoms with Gasteiger partial charge in [-0.25, -0.2) is 15.0 Å². The van der Waals surface area contributed by atoms with Gasteiger partial charge in [0.15, 0.2) is 0 Å². The minimum absolute atomic E-state index is 0.0261. The van der Waals surface area contributed by atoms with Crippen LogP contribution in [0.5, 0.6) is 0 Å². The molecule has 0 radical (unpaired) electrons. The van der Waals surface area contributed by atoms with Crippen LogP contribution >= 0.6 is 0 Å². The number of likely N-dealkylation sites (tertiary alicyclic amines) is 1. The Hall–Kier alpha value is -2.54. The molecule has 1 amide bonds. The maximum atomic E-state index is 12.0. The average Bonchev–Trinajstić information content (AvgIpc) is 3.07. The van der Waals surface area contributed by atoms with Crippen LogP contribution in [-0.2, 0) is 9.53 Å². The zero-order valence-corrected chi connectivity index (χ0v) is 14.8. The molecule has 1 saturated heterocycles. The highest BCUT2D eigenvalue weighted by Gasteiger charge is 2.28. The summed E-state index contributed by atoms with van der Waals surface area (Å²) in [6, 6.07) is 5.86. The van der Waals surface area contributed by atoms with Crippen molar-refractivity contribution >= 4 is 17.5 Å². The van der Waals surface area contributed by atoms with E-state index in [0.717, 1.165) is 35.9 Å². The van der Waals surface area contributed by atoms with Crippen molar-refractivity contribution in [2.45, 2.75) is 26.2 Å². The van der Waals surface area contributed by atoms with Crippen LogP contribution in [0.3, 0.4) is 0 Å². The molecular weight excluding hydrogens is 318 g/mol. The molecule has 1 fully saturated rings. The lowest BCUT2D eigenvalue weighted by molar-refractivity contribution is -0.134. The molecule has 1 aliphatic heterocycles. The van der Waals surface area contributed by atoms with Crippen LogP contribution in [0.4, 0.5) is 11.6 Å². The van der Waals surface area contributed by atoms with Crippen molar-refractivity contribution in [3.63, 3.8) is 0 Å². The van der Waals surface area contributed by atoms with E-state index in [-0.39, 0.29) is 18.4 Å². The van der Waals surface area contributed by atoms with Crippen LogP contribution in [0, 0.1) is 13.8 Å². The molecule has 0 spiro atoms. The topological polar surface area (TPSA) is 80.2 Å². The van der Waals surface area contributed by atoms with E-state index < -0.39 is 0 Å². The molecule has 0 saturated carbocycles. The number of carbonyl (C=O) groups is 1. The number of nitrogens with zero attached hydrogens (tertiary/aromatic N) is 4. The quantitative estimate of drug-likeness (QED) is 0.898. The van der Waals surface area contributed by atoms with E-state index in [2.05, 4.69) is 20.3 Å². The molecule has 2 aromatic rings. The number of hydrogen-bond acceptors (Lipinski definition) is 6. The minimum Gasteiger partial charge on any atom is -0.375 e. The Labute approximate surface area is 147 Å². The molecule has 7 heteroatoms. The summed E-state index contributed by atoms with van der Waals surface area (Å²) in [5.74, 6) is 2.46. The number of carbonyl (C=O) groups excluding carboxylic acids is 1. The summed E-state index contributed by atoms with van der Waals surface area (Å²) < 4.78 is 4.94. The molecule has 1 atom stereocenters. The Kier molecular flexibility index (Phi) is 5.23. The molecule has 1 aliphatic rings. The SMILES string of the molecule is COCC(=O)N1CC[C@H](c2cc(Nc3ncccc3C)nc(C)n2)C1. The Morgan fingerprint density at radius 1 is 1.40 bits per heavy atom. The van der Waals surface area contributed by atoms with Gasteiger partial charge in [-0.15, -0.1) is 0 Å². The first-order valence-electron chi connectivity index (χ1n) is 8.37. The number of rotatable bonds is 5. The summed E-state index contributed by atoms with van der Waals surface area (Å²) in [7, 11) is 1.54. The summed E-state index contributed by atoms with van der Waals surface area (Å²) in [4.78, 5) is 27.2. The number of nitrogens with one attached hydrogen (secondary N) is 1. The highest BCUT2D eigenvalue weighted by molar-refractivity contribution is 5.77. The van der Waals surface area contributed by atoms with Crippen molar-refractivity contribution in [2.24, 2.45) is 0 Å². The van der Waals surface area contributed by atoms with Crippen LogP contribution in [0.2, 0.25) is 0 Å². The number of anilines is 2. The second-order valence-corrected chi connectivity index (χ2v) is 6.28. The number of aromatic nitrogens is 3. The molecule has 132 valence electrons. The summed E-state index contributed by atoms with van der Waals surface area (Å²) in [5.41, 5.74) is 2.01. The lowest BCUT2D eigenvalue weighted by atomic mass is 10.0. The van der Waals surface area contributed by atoms with E-state index in [9.17, 15) is 4.79 Å². The molecule has 0 unspecified atom stereocenters. The molecule has 3 rings (SSSR count). The van der Waals surface area contributed by atoms with Crippen molar-refractivity contribution in [1.82, 2.24) is 19.9 Å². The predicted octanol–water partition coefficient (Wildman–Crippen LogP) is 2.19. The maximum absolute atomic E-state index is 12.0. The molecule has 2 aromatic heterocycles. The van der Waals surface area contributed by atoms with Gasteiger partial charge in [-0.3, -0.25) is 4.79 Å². The summed E-state index contributed by atoms with van der Waals surface area (Å²) >= 11 is 0. The fraction of sp³-hybridized carbons (Fsp3) is 0.444. The van der Waals surface area contributed by atoms with Gasteiger partial charge < -0.3 is 15.0 Å². The zero-order chi connectivity index (χ0) is 17.8. The van der Waals surface area contributed by atoms with Gasteiger partial charge in [0.1, 0.15) is 24.1 Å². The van der Waals surface area contributed by atoms with Gasteiger partial charge >= 0.3 is 0 Å². The smallest absolute Gasteiger partial charge is 0.248 e. The first-order chi connectivity index (χ1) is 12.1. The third-order valence-electron chi connectivity index (χ3n) is 4.34. The maximum Gasteiger partial charge on any atom is 0.248 e. The largest absolute Gasteiger partial charge is 0.375 e. The Balaban J connectivity index is 1.76. The molecule has 1 N–H and O–H groups in total. The van der Waals surface area contributed by atoms with Crippen molar-refractivity contribution in [2.75, 3.05) is 32.1 Å². The average molecular weight is 341 g/mol. The first kappa shape index (κ1) is 17.3.